The second kappa shape index (κ2) is 5.71. The SMILES string of the molecule is CCC(C)Oc1ncccc1C(C)NC. The molecule has 0 saturated heterocycles. The molecule has 0 aromatic carbocycles. The van der Waals surface area contributed by atoms with E-state index in [4.69, 9.17) is 4.74 Å². The van der Waals surface area contributed by atoms with Crippen molar-refractivity contribution in [3.05, 3.63) is 23.9 Å². The Hall–Kier alpha value is -1.09. The van der Waals surface area contributed by atoms with E-state index >= 15 is 0 Å². The van der Waals surface area contributed by atoms with Crippen molar-refractivity contribution in [2.45, 2.75) is 39.3 Å². The molecule has 0 spiro atoms. The Labute approximate surface area is 91.9 Å². The predicted molar refractivity (Wildman–Crippen MR) is 62.1 cm³/mol. The van der Waals surface area contributed by atoms with Gasteiger partial charge in [0.1, 0.15) is 0 Å². The molecule has 2 unspecified atom stereocenters. The Morgan fingerprint density at radius 3 is 2.80 bits per heavy atom. The highest BCUT2D eigenvalue weighted by Crippen LogP contribution is 2.23. The first kappa shape index (κ1) is 12.0. The van der Waals surface area contributed by atoms with Gasteiger partial charge < -0.3 is 10.1 Å². The van der Waals surface area contributed by atoms with Crippen LogP contribution in [-0.2, 0) is 0 Å². The molecule has 0 radical (unpaired) electrons. The number of ether oxygens (including phenoxy) is 1. The van der Waals surface area contributed by atoms with Crippen LogP contribution in [0.3, 0.4) is 0 Å². The summed E-state index contributed by atoms with van der Waals surface area (Å²) >= 11 is 0. The van der Waals surface area contributed by atoms with Crippen LogP contribution in [-0.4, -0.2) is 18.1 Å². The summed E-state index contributed by atoms with van der Waals surface area (Å²) in [6, 6.07) is 4.25. The van der Waals surface area contributed by atoms with Crippen LogP contribution in [0.4, 0.5) is 0 Å². The van der Waals surface area contributed by atoms with Crippen molar-refractivity contribution in [1.82, 2.24) is 10.3 Å². The van der Waals surface area contributed by atoms with Crippen LogP contribution in [0.25, 0.3) is 0 Å². The van der Waals surface area contributed by atoms with Gasteiger partial charge in [0.25, 0.3) is 0 Å². The fraction of sp³-hybridized carbons (Fsp3) is 0.583. The van der Waals surface area contributed by atoms with Gasteiger partial charge in [-0.15, -0.1) is 0 Å². The summed E-state index contributed by atoms with van der Waals surface area (Å²) in [5.41, 5.74) is 1.11. The molecule has 2 atom stereocenters. The highest BCUT2D eigenvalue weighted by Gasteiger charge is 2.12. The van der Waals surface area contributed by atoms with Crippen molar-refractivity contribution in [3.63, 3.8) is 0 Å². The standard InChI is InChI=1S/C12H20N2O/c1-5-9(2)15-12-11(10(3)13-4)7-6-8-14-12/h6-10,13H,5H2,1-4H3. The van der Waals surface area contributed by atoms with Crippen LogP contribution in [0.15, 0.2) is 18.3 Å². The summed E-state index contributed by atoms with van der Waals surface area (Å²) in [5, 5.41) is 3.19. The van der Waals surface area contributed by atoms with E-state index in [0.29, 0.717) is 0 Å². The first-order chi connectivity index (χ1) is 7.19. The summed E-state index contributed by atoms with van der Waals surface area (Å²) in [6.45, 7) is 6.26. The largest absolute Gasteiger partial charge is 0.474 e. The lowest BCUT2D eigenvalue weighted by Crippen LogP contribution is -2.17. The van der Waals surface area contributed by atoms with E-state index in [0.717, 1.165) is 17.9 Å². The van der Waals surface area contributed by atoms with Crippen molar-refractivity contribution in [2.24, 2.45) is 0 Å². The topological polar surface area (TPSA) is 34.1 Å². The van der Waals surface area contributed by atoms with Crippen LogP contribution in [0.5, 0.6) is 5.88 Å². The number of hydrogen-bond donors (Lipinski definition) is 1. The normalized spacial score (nSPS) is 14.7. The van der Waals surface area contributed by atoms with Crippen molar-refractivity contribution < 1.29 is 4.74 Å². The monoisotopic (exact) mass is 208 g/mol. The van der Waals surface area contributed by atoms with Gasteiger partial charge in [-0.05, 0) is 33.4 Å². The fourth-order valence-electron chi connectivity index (χ4n) is 1.26. The number of aromatic nitrogens is 1. The molecule has 1 N–H and O–H groups in total. The molecular weight excluding hydrogens is 188 g/mol. The van der Waals surface area contributed by atoms with E-state index in [-0.39, 0.29) is 12.1 Å². The first-order valence-corrected chi connectivity index (χ1v) is 5.47. The fourth-order valence-corrected chi connectivity index (χ4v) is 1.26. The van der Waals surface area contributed by atoms with Gasteiger partial charge >= 0.3 is 0 Å². The molecule has 1 aromatic rings. The zero-order chi connectivity index (χ0) is 11.3. The molecule has 0 amide bonds. The predicted octanol–water partition coefficient (Wildman–Crippen LogP) is 2.54. The van der Waals surface area contributed by atoms with Gasteiger partial charge in [0, 0.05) is 17.8 Å². The number of hydrogen-bond acceptors (Lipinski definition) is 3. The average molecular weight is 208 g/mol. The summed E-state index contributed by atoms with van der Waals surface area (Å²) in [7, 11) is 1.94. The molecule has 3 heteroatoms. The van der Waals surface area contributed by atoms with Gasteiger partial charge in [0.15, 0.2) is 0 Å². The molecular formula is C12H20N2O. The maximum atomic E-state index is 5.77. The molecule has 1 heterocycles. The second-order valence-electron chi connectivity index (χ2n) is 3.74. The third-order valence-corrected chi connectivity index (χ3v) is 2.59. The molecule has 1 rings (SSSR count). The van der Waals surface area contributed by atoms with Gasteiger partial charge in [-0.1, -0.05) is 13.0 Å². The highest BCUT2D eigenvalue weighted by molar-refractivity contribution is 5.28. The Morgan fingerprint density at radius 1 is 1.47 bits per heavy atom. The Balaban J connectivity index is 2.86. The molecule has 84 valence electrons. The van der Waals surface area contributed by atoms with Crippen LogP contribution < -0.4 is 10.1 Å². The third-order valence-electron chi connectivity index (χ3n) is 2.59. The molecule has 0 bridgehead atoms. The minimum atomic E-state index is 0.211. The van der Waals surface area contributed by atoms with Crippen LogP contribution in [0.2, 0.25) is 0 Å². The Kier molecular flexibility index (Phi) is 4.56. The zero-order valence-corrected chi connectivity index (χ0v) is 9.95. The van der Waals surface area contributed by atoms with E-state index in [1.54, 1.807) is 6.20 Å². The van der Waals surface area contributed by atoms with E-state index in [1.807, 2.05) is 19.2 Å². The third kappa shape index (κ3) is 3.20. The minimum absolute atomic E-state index is 0.211. The Bertz CT molecular complexity index is 301. The quantitative estimate of drug-likeness (QED) is 0.807. The number of pyridine rings is 1. The van der Waals surface area contributed by atoms with Crippen LogP contribution >= 0.6 is 0 Å². The number of nitrogens with one attached hydrogen (secondary N) is 1. The number of nitrogens with zero attached hydrogens (tertiary/aromatic N) is 1. The smallest absolute Gasteiger partial charge is 0.218 e. The van der Waals surface area contributed by atoms with Crippen molar-refractivity contribution in [2.75, 3.05) is 7.05 Å². The zero-order valence-electron chi connectivity index (χ0n) is 9.95. The van der Waals surface area contributed by atoms with Crippen molar-refractivity contribution in [3.8, 4) is 5.88 Å². The molecule has 15 heavy (non-hydrogen) atoms. The van der Waals surface area contributed by atoms with Gasteiger partial charge in [-0.25, -0.2) is 4.98 Å². The lowest BCUT2D eigenvalue weighted by atomic mass is 10.1. The Morgan fingerprint density at radius 2 is 2.20 bits per heavy atom. The summed E-state index contributed by atoms with van der Waals surface area (Å²) in [4.78, 5) is 4.27. The van der Waals surface area contributed by atoms with Gasteiger partial charge in [-0.2, -0.15) is 0 Å². The van der Waals surface area contributed by atoms with Crippen molar-refractivity contribution in [1.29, 1.82) is 0 Å². The summed E-state index contributed by atoms with van der Waals surface area (Å²) in [6.07, 6.45) is 2.97. The lowest BCUT2D eigenvalue weighted by molar-refractivity contribution is 0.205. The van der Waals surface area contributed by atoms with E-state index in [2.05, 4.69) is 31.1 Å². The van der Waals surface area contributed by atoms with Gasteiger partial charge in [0.2, 0.25) is 5.88 Å². The van der Waals surface area contributed by atoms with Gasteiger partial charge in [-0.3, -0.25) is 0 Å². The van der Waals surface area contributed by atoms with E-state index < -0.39 is 0 Å². The molecule has 0 aliphatic rings. The molecule has 0 saturated carbocycles. The molecule has 1 aromatic heterocycles. The number of rotatable bonds is 5. The van der Waals surface area contributed by atoms with Crippen LogP contribution in [0.1, 0.15) is 38.8 Å². The van der Waals surface area contributed by atoms with E-state index in [1.165, 1.54) is 0 Å². The summed E-state index contributed by atoms with van der Waals surface area (Å²) in [5.74, 6) is 0.744. The minimum Gasteiger partial charge on any atom is -0.474 e. The van der Waals surface area contributed by atoms with Crippen molar-refractivity contribution >= 4 is 0 Å². The van der Waals surface area contributed by atoms with Gasteiger partial charge in [0.05, 0.1) is 6.10 Å². The molecule has 0 aliphatic heterocycles. The molecule has 0 aliphatic carbocycles. The first-order valence-electron chi connectivity index (χ1n) is 5.47. The van der Waals surface area contributed by atoms with E-state index in [9.17, 15) is 0 Å². The average Bonchev–Trinajstić information content (AvgIpc) is 2.28. The maximum absolute atomic E-state index is 5.77. The molecule has 0 fully saturated rings. The second-order valence-corrected chi connectivity index (χ2v) is 3.74. The summed E-state index contributed by atoms with van der Waals surface area (Å²) < 4.78 is 5.77. The maximum Gasteiger partial charge on any atom is 0.218 e. The highest BCUT2D eigenvalue weighted by atomic mass is 16.5. The molecule has 3 nitrogen and oxygen atoms in total. The van der Waals surface area contributed by atoms with Crippen LogP contribution in [0, 0.1) is 0 Å². The lowest BCUT2D eigenvalue weighted by Gasteiger charge is -2.18.